The van der Waals surface area contributed by atoms with E-state index in [9.17, 15) is 15.0 Å². The molecule has 0 bridgehead atoms. The summed E-state index contributed by atoms with van der Waals surface area (Å²) in [5, 5.41) is 20.1. The zero-order chi connectivity index (χ0) is 20.7. The first-order valence-electron chi connectivity index (χ1n) is 9.08. The molecule has 3 aromatic rings. The number of aryl methyl sites for hydroxylation is 1. The highest BCUT2D eigenvalue weighted by Gasteiger charge is 2.28. The third kappa shape index (κ3) is 2.95. The first kappa shape index (κ1) is 18.7. The lowest BCUT2D eigenvalue weighted by Gasteiger charge is -2.23. The number of fused-ring (bicyclic) bond motifs is 3. The third-order valence-electron chi connectivity index (χ3n) is 5.25. The van der Waals surface area contributed by atoms with E-state index < -0.39 is 5.97 Å². The number of aromatic nitrogens is 1. The van der Waals surface area contributed by atoms with Crippen molar-refractivity contribution in [3.05, 3.63) is 47.7 Å². The molecule has 7 heteroatoms. The molecule has 0 unspecified atom stereocenters. The van der Waals surface area contributed by atoms with Gasteiger partial charge in [-0.2, -0.15) is 0 Å². The number of carbonyl (C=O) groups is 1. The predicted octanol–water partition coefficient (Wildman–Crippen LogP) is 3.59. The minimum atomic E-state index is -0.433. The van der Waals surface area contributed by atoms with Crippen molar-refractivity contribution in [2.75, 3.05) is 21.3 Å². The zero-order valence-corrected chi connectivity index (χ0v) is 16.4. The average molecular weight is 395 g/mol. The van der Waals surface area contributed by atoms with Crippen LogP contribution in [-0.4, -0.2) is 42.1 Å². The van der Waals surface area contributed by atoms with Crippen LogP contribution in [0.5, 0.6) is 23.0 Å². The van der Waals surface area contributed by atoms with Gasteiger partial charge in [-0.1, -0.05) is 6.07 Å². The zero-order valence-electron chi connectivity index (χ0n) is 16.4. The van der Waals surface area contributed by atoms with Gasteiger partial charge in [-0.15, -0.1) is 0 Å². The lowest BCUT2D eigenvalue weighted by atomic mass is 9.93. The number of methoxy groups -OCH3 is 3. The monoisotopic (exact) mass is 395 g/mol. The van der Waals surface area contributed by atoms with Crippen molar-refractivity contribution in [1.82, 2.24) is 4.57 Å². The number of esters is 1. The second-order valence-corrected chi connectivity index (χ2v) is 6.75. The molecule has 29 heavy (non-hydrogen) atoms. The van der Waals surface area contributed by atoms with Crippen LogP contribution >= 0.6 is 0 Å². The highest BCUT2D eigenvalue weighted by molar-refractivity contribution is 5.96. The van der Waals surface area contributed by atoms with Gasteiger partial charge >= 0.3 is 5.97 Å². The van der Waals surface area contributed by atoms with Gasteiger partial charge in [-0.3, -0.25) is 0 Å². The van der Waals surface area contributed by atoms with Crippen LogP contribution in [0.25, 0.3) is 22.4 Å². The minimum absolute atomic E-state index is 0.0320. The smallest absolute Gasteiger partial charge is 0.354 e. The van der Waals surface area contributed by atoms with Crippen LogP contribution in [0.3, 0.4) is 0 Å². The van der Waals surface area contributed by atoms with E-state index >= 15 is 0 Å². The summed E-state index contributed by atoms with van der Waals surface area (Å²) in [7, 11) is 4.33. The summed E-state index contributed by atoms with van der Waals surface area (Å²) < 4.78 is 17.4. The fraction of sp³-hybridized carbons (Fsp3) is 0.227. The largest absolute Gasteiger partial charge is 0.504 e. The van der Waals surface area contributed by atoms with Gasteiger partial charge in [-0.05, 0) is 47.9 Å². The Labute approximate surface area is 167 Å². The van der Waals surface area contributed by atoms with Crippen LogP contribution in [0.15, 0.2) is 36.4 Å². The van der Waals surface area contributed by atoms with Crippen molar-refractivity contribution in [3.8, 4) is 45.4 Å². The number of ether oxygens (including phenoxy) is 3. The maximum Gasteiger partial charge on any atom is 0.354 e. The first-order chi connectivity index (χ1) is 14.0. The fourth-order valence-corrected chi connectivity index (χ4v) is 3.85. The molecule has 0 saturated heterocycles. The lowest BCUT2D eigenvalue weighted by molar-refractivity contribution is 0.0588. The molecule has 0 amide bonds. The molecule has 2 N–H and O–H groups in total. The Morgan fingerprint density at radius 3 is 2.34 bits per heavy atom. The Balaban J connectivity index is 2.01. The molecular weight excluding hydrogens is 374 g/mol. The second-order valence-electron chi connectivity index (χ2n) is 6.75. The molecular formula is C22H21NO6. The van der Waals surface area contributed by atoms with E-state index in [-0.39, 0.29) is 11.5 Å². The summed E-state index contributed by atoms with van der Waals surface area (Å²) in [5.74, 6) is 0.364. The van der Waals surface area contributed by atoms with Crippen LogP contribution in [0, 0.1) is 0 Å². The molecule has 150 valence electrons. The summed E-state index contributed by atoms with van der Waals surface area (Å²) in [6.45, 7) is 0.563. The number of benzene rings is 2. The average Bonchev–Trinajstić information content (AvgIpc) is 3.13. The maximum absolute atomic E-state index is 12.4. The van der Waals surface area contributed by atoms with Gasteiger partial charge in [0.2, 0.25) is 0 Å². The van der Waals surface area contributed by atoms with E-state index in [2.05, 4.69) is 0 Å². The Bertz CT molecular complexity index is 1110. The quantitative estimate of drug-likeness (QED) is 0.656. The lowest BCUT2D eigenvalue weighted by Crippen LogP contribution is -2.17. The molecule has 2 aromatic carbocycles. The SMILES string of the molecule is COC(=O)c1cc(-c2ccc(O)c(OC)c2)c2n1CCc1cc(O)c(OC)cc1-2. The van der Waals surface area contributed by atoms with E-state index in [4.69, 9.17) is 14.2 Å². The standard InChI is InChI=1S/C22H21NO6/c1-27-19-9-12(4-5-17(19)24)14-10-16(22(26)29-3)23-7-6-13-8-18(25)20(28-2)11-15(13)21(14)23/h4-5,8-11,24-25H,6-7H2,1-3H3. The van der Waals surface area contributed by atoms with E-state index in [0.717, 1.165) is 27.9 Å². The Hall–Kier alpha value is -3.61. The summed E-state index contributed by atoms with van der Waals surface area (Å²) in [6.07, 6.45) is 0.650. The van der Waals surface area contributed by atoms with Gasteiger partial charge in [0.25, 0.3) is 0 Å². The highest BCUT2D eigenvalue weighted by Crippen LogP contribution is 2.45. The first-order valence-corrected chi connectivity index (χ1v) is 9.08. The van der Waals surface area contributed by atoms with Gasteiger partial charge in [0, 0.05) is 17.7 Å². The summed E-state index contributed by atoms with van der Waals surface area (Å²) in [4.78, 5) is 12.4. The van der Waals surface area contributed by atoms with Crippen molar-refractivity contribution < 1.29 is 29.2 Å². The third-order valence-corrected chi connectivity index (χ3v) is 5.25. The van der Waals surface area contributed by atoms with Gasteiger partial charge in [-0.25, -0.2) is 4.79 Å². The molecule has 0 saturated carbocycles. The van der Waals surface area contributed by atoms with Crippen molar-refractivity contribution in [2.45, 2.75) is 13.0 Å². The molecule has 0 spiro atoms. The van der Waals surface area contributed by atoms with Crippen molar-refractivity contribution in [1.29, 1.82) is 0 Å². The Morgan fingerprint density at radius 2 is 1.66 bits per heavy atom. The minimum Gasteiger partial charge on any atom is -0.504 e. The summed E-state index contributed by atoms with van der Waals surface area (Å²) in [5.41, 5.74) is 4.64. The maximum atomic E-state index is 12.4. The normalized spacial score (nSPS) is 12.1. The number of carbonyl (C=O) groups excluding carboxylic acids is 1. The number of nitrogens with zero attached hydrogens (tertiary/aromatic N) is 1. The van der Waals surface area contributed by atoms with Crippen molar-refractivity contribution in [2.24, 2.45) is 0 Å². The van der Waals surface area contributed by atoms with Crippen LogP contribution in [0.2, 0.25) is 0 Å². The molecule has 0 fully saturated rings. The number of phenols is 2. The fourth-order valence-electron chi connectivity index (χ4n) is 3.85. The number of phenolic OH excluding ortho intramolecular Hbond substituents is 2. The van der Waals surface area contributed by atoms with Gasteiger partial charge < -0.3 is 29.0 Å². The van der Waals surface area contributed by atoms with Gasteiger partial charge in [0.15, 0.2) is 23.0 Å². The molecule has 0 radical (unpaired) electrons. The van der Waals surface area contributed by atoms with Gasteiger partial charge in [0.05, 0.1) is 27.0 Å². The topological polar surface area (TPSA) is 90.2 Å². The molecule has 0 aliphatic carbocycles. The van der Waals surface area contributed by atoms with E-state index in [1.165, 1.54) is 21.3 Å². The highest BCUT2D eigenvalue weighted by atomic mass is 16.5. The van der Waals surface area contributed by atoms with Crippen LogP contribution in [0.4, 0.5) is 0 Å². The van der Waals surface area contributed by atoms with E-state index in [1.54, 1.807) is 36.4 Å². The van der Waals surface area contributed by atoms with Crippen molar-refractivity contribution in [3.63, 3.8) is 0 Å². The number of hydrogen-bond donors (Lipinski definition) is 2. The second kappa shape index (κ2) is 7.09. The van der Waals surface area contributed by atoms with Crippen LogP contribution in [-0.2, 0) is 17.7 Å². The summed E-state index contributed by atoms with van der Waals surface area (Å²) in [6, 6.07) is 10.3. The molecule has 4 rings (SSSR count). The molecule has 1 aliphatic rings. The van der Waals surface area contributed by atoms with Gasteiger partial charge in [0.1, 0.15) is 5.69 Å². The molecule has 1 aliphatic heterocycles. The number of rotatable bonds is 4. The van der Waals surface area contributed by atoms with Crippen molar-refractivity contribution >= 4 is 5.97 Å². The van der Waals surface area contributed by atoms with E-state index in [1.807, 2.05) is 4.57 Å². The molecule has 7 nitrogen and oxygen atoms in total. The predicted molar refractivity (Wildman–Crippen MR) is 107 cm³/mol. The molecule has 1 aromatic heterocycles. The van der Waals surface area contributed by atoms with Crippen LogP contribution in [0.1, 0.15) is 16.1 Å². The van der Waals surface area contributed by atoms with E-state index in [0.29, 0.717) is 30.2 Å². The number of aromatic hydroxyl groups is 2. The number of hydrogen-bond acceptors (Lipinski definition) is 6. The summed E-state index contributed by atoms with van der Waals surface area (Å²) >= 11 is 0. The van der Waals surface area contributed by atoms with Crippen LogP contribution < -0.4 is 9.47 Å². The Kier molecular flexibility index (Phi) is 4.58. The Morgan fingerprint density at radius 1 is 0.931 bits per heavy atom. The molecule has 2 heterocycles. The molecule has 0 atom stereocenters.